The molecule has 0 atom stereocenters. The van der Waals surface area contributed by atoms with Gasteiger partial charge in [-0.2, -0.15) is 0 Å². The van der Waals surface area contributed by atoms with Gasteiger partial charge in [0.25, 0.3) is 5.91 Å². The first kappa shape index (κ1) is 13.7. The Morgan fingerprint density at radius 1 is 1.14 bits per heavy atom. The third-order valence-electron chi connectivity index (χ3n) is 3.94. The van der Waals surface area contributed by atoms with E-state index < -0.39 is 0 Å². The largest absolute Gasteiger partial charge is 0.493 e. The molecule has 6 nitrogen and oxygen atoms in total. The molecule has 1 saturated heterocycles. The molecule has 0 spiro atoms. The van der Waals surface area contributed by atoms with Crippen molar-refractivity contribution >= 4 is 12.0 Å². The summed E-state index contributed by atoms with van der Waals surface area (Å²) in [5.74, 6) is 0.885. The van der Waals surface area contributed by atoms with Gasteiger partial charge in [0.1, 0.15) is 5.75 Å². The highest BCUT2D eigenvalue weighted by atomic mass is 16.5. The maximum absolute atomic E-state index is 12.5. The Morgan fingerprint density at radius 3 is 2.57 bits per heavy atom. The molecular formula is C15H18N2O4. The molecule has 1 aromatic carbocycles. The van der Waals surface area contributed by atoms with Crippen LogP contribution in [0.1, 0.15) is 15.9 Å². The van der Waals surface area contributed by atoms with Crippen LogP contribution in [0.3, 0.4) is 0 Å². The second-order valence-corrected chi connectivity index (χ2v) is 5.17. The minimum absolute atomic E-state index is 0.00853. The number of nitrogens with zero attached hydrogens (tertiary/aromatic N) is 2. The first-order valence-corrected chi connectivity index (χ1v) is 7.07. The normalized spacial score (nSPS) is 17.2. The summed E-state index contributed by atoms with van der Waals surface area (Å²) in [6.45, 7) is 2.76. The van der Waals surface area contributed by atoms with Gasteiger partial charge in [0.2, 0.25) is 0 Å². The zero-order valence-corrected chi connectivity index (χ0v) is 12.0. The third kappa shape index (κ3) is 2.66. The zero-order valence-electron chi connectivity index (χ0n) is 12.0. The maximum atomic E-state index is 12.5. The summed E-state index contributed by atoms with van der Waals surface area (Å²) < 4.78 is 10.1. The Morgan fingerprint density at radius 2 is 1.86 bits per heavy atom. The Kier molecular flexibility index (Phi) is 3.68. The summed E-state index contributed by atoms with van der Waals surface area (Å²) in [7, 11) is 1.37. The van der Waals surface area contributed by atoms with Crippen LogP contribution in [0.2, 0.25) is 0 Å². The summed E-state index contributed by atoms with van der Waals surface area (Å²) in [4.78, 5) is 27.3. The number of amides is 2. The molecule has 0 N–H and O–H groups in total. The number of piperazine rings is 1. The van der Waals surface area contributed by atoms with Crippen LogP contribution in [-0.4, -0.2) is 61.7 Å². The van der Waals surface area contributed by atoms with Crippen LogP contribution in [0.15, 0.2) is 18.2 Å². The molecule has 0 aliphatic carbocycles. The smallest absolute Gasteiger partial charge is 0.409 e. The van der Waals surface area contributed by atoms with E-state index in [1.165, 1.54) is 7.11 Å². The van der Waals surface area contributed by atoms with Crippen molar-refractivity contribution in [1.29, 1.82) is 0 Å². The van der Waals surface area contributed by atoms with Crippen molar-refractivity contribution in [2.45, 2.75) is 6.42 Å². The van der Waals surface area contributed by atoms with Crippen molar-refractivity contribution in [1.82, 2.24) is 9.80 Å². The zero-order chi connectivity index (χ0) is 14.8. The lowest BCUT2D eigenvalue weighted by molar-refractivity contribution is 0.0599. The monoisotopic (exact) mass is 290 g/mol. The van der Waals surface area contributed by atoms with E-state index in [9.17, 15) is 9.59 Å². The molecule has 0 bridgehead atoms. The molecule has 21 heavy (non-hydrogen) atoms. The van der Waals surface area contributed by atoms with Crippen molar-refractivity contribution in [2.75, 3.05) is 39.9 Å². The molecule has 0 aromatic heterocycles. The predicted molar refractivity (Wildman–Crippen MR) is 75.5 cm³/mol. The predicted octanol–water partition coefficient (Wildman–Crippen LogP) is 1.15. The van der Waals surface area contributed by atoms with Crippen molar-refractivity contribution in [3.05, 3.63) is 29.3 Å². The molecule has 2 amide bonds. The van der Waals surface area contributed by atoms with Crippen LogP contribution in [0, 0.1) is 0 Å². The molecule has 0 unspecified atom stereocenters. The van der Waals surface area contributed by atoms with E-state index in [1.54, 1.807) is 15.9 Å². The van der Waals surface area contributed by atoms with E-state index in [2.05, 4.69) is 0 Å². The molecule has 1 fully saturated rings. The van der Waals surface area contributed by atoms with Crippen LogP contribution < -0.4 is 4.74 Å². The molecule has 2 heterocycles. The maximum Gasteiger partial charge on any atom is 0.409 e. The number of carbonyl (C=O) groups excluding carboxylic acids is 2. The van der Waals surface area contributed by atoms with Gasteiger partial charge >= 0.3 is 6.09 Å². The van der Waals surface area contributed by atoms with Crippen molar-refractivity contribution in [3.8, 4) is 5.75 Å². The topological polar surface area (TPSA) is 59.1 Å². The molecule has 2 aliphatic rings. The molecule has 0 saturated carbocycles. The average Bonchev–Trinajstić information content (AvgIpc) is 3.01. The number of methoxy groups -OCH3 is 1. The van der Waals surface area contributed by atoms with Crippen LogP contribution in [-0.2, 0) is 11.2 Å². The van der Waals surface area contributed by atoms with Crippen molar-refractivity contribution in [3.63, 3.8) is 0 Å². The van der Waals surface area contributed by atoms with Gasteiger partial charge in [-0.15, -0.1) is 0 Å². The molecule has 6 heteroatoms. The average molecular weight is 290 g/mol. The van der Waals surface area contributed by atoms with Crippen LogP contribution in [0.5, 0.6) is 5.75 Å². The van der Waals surface area contributed by atoms with E-state index in [4.69, 9.17) is 9.47 Å². The van der Waals surface area contributed by atoms with Gasteiger partial charge in [0.05, 0.1) is 13.7 Å². The number of benzene rings is 1. The molecular weight excluding hydrogens is 272 g/mol. The fraction of sp³-hybridized carbons (Fsp3) is 0.467. The first-order valence-electron chi connectivity index (χ1n) is 7.07. The first-order chi connectivity index (χ1) is 10.2. The highest BCUT2D eigenvalue weighted by molar-refractivity contribution is 5.94. The van der Waals surface area contributed by atoms with Gasteiger partial charge in [-0.05, 0) is 23.8 Å². The van der Waals surface area contributed by atoms with E-state index >= 15 is 0 Å². The standard InChI is InChI=1S/C15H18N2O4/c1-20-15(19)17-7-5-16(6-8-17)14(18)12-2-3-13-11(10-12)4-9-21-13/h2-3,10H,4-9H2,1H3. The van der Waals surface area contributed by atoms with Gasteiger partial charge in [-0.1, -0.05) is 0 Å². The van der Waals surface area contributed by atoms with E-state index in [0.717, 1.165) is 17.7 Å². The summed E-state index contributed by atoms with van der Waals surface area (Å²) in [5.41, 5.74) is 1.78. The summed E-state index contributed by atoms with van der Waals surface area (Å²) in [5, 5.41) is 0. The quantitative estimate of drug-likeness (QED) is 0.778. The van der Waals surface area contributed by atoms with Crippen molar-refractivity contribution < 1.29 is 19.1 Å². The Bertz CT molecular complexity index is 565. The van der Waals surface area contributed by atoms with E-state index in [1.807, 2.05) is 12.1 Å². The lowest BCUT2D eigenvalue weighted by Gasteiger charge is -2.33. The fourth-order valence-electron chi connectivity index (χ4n) is 2.72. The number of rotatable bonds is 1. The number of fused-ring (bicyclic) bond motifs is 1. The van der Waals surface area contributed by atoms with Gasteiger partial charge in [0.15, 0.2) is 0 Å². The summed E-state index contributed by atoms with van der Waals surface area (Å²) in [6, 6.07) is 5.58. The highest BCUT2D eigenvalue weighted by Crippen LogP contribution is 2.26. The van der Waals surface area contributed by atoms with Crippen molar-refractivity contribution in [2.24, 2.45) is 0 Å². The van der Waals surface area contributed by atoms with Gasteiger partial charge < -0.3 is 19.3 Å². The summed E-state index contributed by atoms with van der Waals surface area (Å²) in [6.07, 6.45) is 0.517. The molecule has 0 radical (unpaired) electrons. The van der Waals surface area contributed by atoms with Gasteiger partial charge in [-0.25, -0.2) is 4.79 Å². The van der Waals surface area contributed by atoms with Gasteiger partial charge in [-0.3, -0.25) is 4.79 Å². The number of carbonyl (C=O) groups is 2. The van der Waals surface area contributed by atoms with E-state index in [-0.39, 0.29) is 12.0 Å². The second kappa shape index (κ2) is 5.63. The molecule has 112 valence electrons. The summed E-state index contributed by atoms with van der Waals surface area (Å²) >= 11 is 0. The Balaban J connectivity index is 1.65. The molecule has 2 aliphatic heterocycles. The lowest BCUT2D eigenvalue weighted by Crippen LogP contribution is -2.50. The molecule has 1 aromatic rings. The highest BCUT2D eigenvalue weighted by Gasteiger charge is 2.26. The fourth-order valence-corrected chi connectivity index (χ4v) is 2.72. The Labute approximate surface area is 123 Å². The molecule has 3 rings (SSSR count). The van der Waals surface area contributed by atoms with Crippen LogP contribution >= 0.6 is 0 Å². The van der Waals surface area contributed by atoms with E-state index in [0.29, 0.717) is 38.3 Å². The lowest BCUT2D eigenvalue weighted by atomic mass is 10.1. The number of hydrogen-bond acceptors (Lipinski definition) is 4. The minimum Gasteiger partial charge on any atom is -0.493 e. The van der Waals surface area contributed by atoms with Gasteiger partial charge in [0, 0.05) is 38.2 Å². The number of hydrogen-bond donors (Lipinski definition) is 0. The minimum atomic E-state index is -0.336. The van der Waals surface area contributed by atoms with Crippen LogP contribution in [0.4, 0.5) is 4.79 Å². The number of ether oxygens (including phenoxy) is 2. The SMILES string of the molecule is COC(=O)N1CCN(C(=O)c2ccc3c(c2)CCO3)CC1. The third-order valence-corrected chi connectivity index (χ3v) is 3.94. The second-order valence-electron chi connectivity index (χ2n) is 5.17. The van der Waals surface area contributed by atoms with Crippen LogP contribution in [0.25, 0.3) is 0 Å². The Hall–Kier alpha value is -2.24.